The van der Waals surface area contributed by atoms with E-state index in [1.165, 1.54) is 0 Å². The molecule has 0 atom stereocenters. The van der Waals surface area contributed by atoms with Gasteiger partial charge in [-0.2, -0.15) is 0 Å². The maximum Gasteiger partial charge on any atom is 0.266 e. The third-order valence-electron chi connectivity index (χ3n) is 3.95. The third kappa shape index (κ3) is 2.97. The maximum absolute atomic E-state index is 13.0. The number of para-hydroxylation sites is 2. The number of benzene rings is 2. The number of nitrogens with zero attached hydrogens (tertiary/aromatic N) is 3. The zero-order chi connectivity index (χ0) is 17.1. The Bertz CT molecular complexity index is 1100. The molecule has 4 aromatic rings. The molecule has 0 spiro atoms. The first-order chi connectivity index (χ1) is 12.3. The smallest absolute Gasteiger partial charge is 0.266 e. The number of rotatable bonds is 3. The van der Waals surface area contributed by atoms with E-state index in [2.05, 4.69) is 9.97 Å². The summed E-state index contributed by atoms with van der Waals surface area (Å²) in [6, 6.07) is 20.8. The number of aromatic nitrogens is 3. The Morgan fingerprint density at radius 2 is 1.52 bits per heavy atom. The Labute approximate surface area is 144 Å². The molecule has 4 heteroatoms. The van der Waals surface area contributed by atoms with E-state index in [1.54, 1.807) is 23.0 Å². The molecule has 2 heterocycles. The summed E-state index contributed by atoms with van der Waals surface area (Å²) in [7, 11) is 0. The zero-order valence-corrected chi connectivity index (χ0v) is 13.4. The first kappa shape index (κ1) is 15.0. The second-order valence-electron chi connectivity index (χ2n) is 5.58. The van der Waals surface area contributed by atoms with Gasteiger partial charge in [0.2, 0.25) is 0 Å². The molecule has 0 N–H and O–H groups in total. The molecule has 0 saturated heterocycles. The van der Waals surface area contributed by atoms with Gasteiger partial charge in [-0.3, -0.25) is 14.3 Å². The summed E-state index contributed by atoms with van der Waals surface area (Å²) < 4.78 is 1.64. The number of fused-ring (bicyclic) bond motifs is 1. The van der Waals surface area contributed by atoms with Crippen LogP contribution in [0.15, 0.2) is 83.9 Å². The quantitative estimate of drug-likeness (QED) is 0.573. The normalized spacial score (nSPS) is 11.2. The summed E-state index contributed by atoms with van der Waals surface area (Å²) in [4.78, 5) is 21.7. The van der Waals surface area contributed by atoms with Gasteiger partial charge in [0.15, 0.2) is 0 Å². The fourth-order valence-corrected chi connectivity index (χ4v) is 2.73. The maximum atomic E-state index is 13.0. The minimum Gasteiger partial charge on any atom is -0.268 e. The minimum atomic E-state index is -0.0776. The van der Waals surface area contributed by atoms with Crippen LogP contribution in [0.4, 0.5) is 0 Å². The highest BCUT2D eigenvalue weighted by molar-refractivity contribution is 5.80. The predicted octanol–water partition coefficient (Wildman–Crippen LogP) is 3.95. The fourth-order valence-electron chi connectivity index (χ4n) is 2.73. The van der Waals surface area contributed by atoms with Gasteiger partial charge in [-0.25, -0.2) is 4.98 Å². The van der Waals surface area contributed by atoms with Crippen molar-refractivity contribution in [2.75, 3.05) is 0 Å². The van der Waals surface area contributed by atoms with Crippen molar-refractivity contribution in [2.24, 2.45) is 0 Å². The van der Waals surface area contributed by atoms with E-state index >= 15 is 0 Å². The molecule has 0 aliphatic heterocycles. The van der Waals surface area contributed by atoms with Crippen molar-refractivity contribution in [3.8, 4) is 5.69 Å². The lowest BCUT2D eigenvalue weighted by Crippen LogP contribution is -2.22. The average molecular weight is 325 g/mol. The van der Waals surface area contributed by atoms with Gasteiger partial charge in [0.05, 0.1) is 16.6 Å². The van der Waals surface area contributed by atoms with Crippen LogP contribution in [-0.2, 0) is 0 Å². The van der Waals surface area contributed by atoms with Gasteiger partial charge < -0.3 is 0 Å². The summed E-state index contributed by atoms with van der Waals surface area (Å²) in [6.45, 7) is 0. The van der Waals surface area contributed by atoms with E-state index in [4.69, 9.17) is 0 Å². The highest BCUT2D eigenvalue weighted by Gasteiger charge is 2.10. The van der Waals surface area contributed by atoms with E-state index in [0.29, 0.717) is 16.7 Å². The van der Waals surface area contributed by atoms with E-state index in [9.17, 15) is 4.79 Å². The molecule has 0 aliphatic carbocycles. The standard InChI is InChI=1S/C21H15N3O/c25-21-18-8-4-5-9-19(18)23-20(11-10-16-12-14-22-15-13-16)24(21)17-6-2-1-3-7-17/h1-15H/b11-10+. The van der Waals surface area contributed by atoms with Crippen LogP contribution in [0.1, 0.15) is 11.4 Å². The molecule has 0 unspecified atom stereocenters. The Morgan fingerprint density at radius 3 is 2.32 bits per heavy atom. The molecule has 0 bridgehead atoms. The van der Waals surface area contributed by atoms with Crippen LogP contribution < -0.4 is 5.56 Å². The summed E-state index contributed by atoms with van der Waals surface area (Å²) in [6.07, 6.45) is 7.25. The molecule has 120 valence electrons. The monoisotopic (exact) mass is 325 g/mol. The van der Waals surface area contributed by atoms with Gasteiger partial charge in [-0.15, -0.1) is 0 Å². The Morgan fingerprint density at radius 1 is 0.800 bits per heavy atom. The van der Waals surface area contributed by atoms with Crippen molar-refractivity contribution in [3.63, 3.8) is 0 Å². The third-order valence-corrected chi connectivity index (χ3v) is 3.95. The van der Waals surface area contributed by atoms with Crippen LogP contribution in [-0.4, -0.2) is 14.5 Å². The van der Waals surface area contributed by atoms with Crippen LogP contribution in [0.2, 0.25) is 0 Å². The van der Waals surface area contributed by atoms with Gasteiger partial charge >= 0.3 is 0 Å². The largest absolute Gasteiger partial charge is 0.268 e. The van der Waals surface area contributed by atoms with Crippen molar-refractivity contribution >= 4 is 23.1 Å². The average Bonchev–Trinajstić information content (AvgIpc) is 2.68. The molecule has 4 nitrogen and oxygen atoms in total. The summed E-state index contributed by atoms with van der Waals surface area (Å²) in [5.74, 6) is 0.590. The molecule has 25 heavy (non-hydrogen) atoms. The Balaban J connectivity index is 1.96. The summed E-state index contributed by atoms with van der Waals surface area (Å²) in [5, 5.41) is 0.604. The fraction of sp³-hybridized carbons (Fsp3) is 0. The van der Waals surface area contributed by atoms with Gasteiger partial charge in [-0.05, 0) is 48.0 Å². The lowest BCUT2D eigenvalue weighted by molar-refractivity contribution is 0.944. The molecule has 2 aromatic carbocycles. The zero-order valence-electron chi connectivity index (χ0n) is 13.4. The Kier molecular flexibility index (Phi) is 3.92. The van der Waals surface area contributed by atoms with Crippen LogP contribution in [0.5, 0.6) is 0 Å². The molecule has 0 fully saturated rings. The first-order valence-corrected chi connectivity index (χ1v) is 7.98. The molecule has 0 saturated carbocycles. The minimum absolute atomic E-state index is 0.0776. The molecule has 4 rings (SSSR count). The van der Waals surface area contributed by atoms with E-state index in [1.807, 2.05) is 72.8 Å². The molecular weight excluding hydrogens is 310 g/mol. The molecule has 0 aliphatic rings. The van der Waals surface area contributed by atoms with Crippen molar-refractivity contribution in [1.29, 1.82) is 0 Å². The topological polar surface area (TPSA) is 47.8 Å². The second kappa shape index (κ2) is 6.53. The van der Waals surface area contributed by atoms with E-state index < -0.39 is 0 Å². The molecule has 0 amide bonds. The van der Waals surface area contributed by atoms with Gasteiger partial charge in [-0.1, -0.05) is 36.4 Å². The summed E-state index contributed by atoms with van der Waals surface area (Å²) >= 11 is 0. The van der Waals surface area contributed by atoms with Gasteiger partial charge in [0, 0.05) is 12.4 Å². The van der Waals surface area contributed by atoms with Crippen molar-refractivity contribution < 1.29 is 0 Å². The predicted molar refractivity (Wildman–Crippen MR) is 101 cm³/mol. The van der Waals surface area contributed by atoms with Crippen LogP contribution in [0.25, 0.3) is 28.7 Å². The van der Waals surface area contributed by atoms with Crippen molar-refractivity contribution in [1.82, 2.24) is 14.5 Å². The van der Waals surface area contributed by atoms with Crippen LogP contribution in [0.3, 0.4) is 0 Å². The Hall–Kier alpha value is -3.53. The SMILES string of the molecule is O=c1c2ccccc2nc(/C=C/c2ccncc2)n1-c1ccccc1. The molecular formula is C21H15N3O. The lowest BCUT2D eigenvalue weighted by Gasteiger charge is -2.11. The van der Waals surface area contributed by atoms with E-state index in [0.717, 1.165) is 11.3 Å². The van der Waals surface area contributed by atoms with Crippen molar-refractivity contribution in [3.05, 3.63) is 101 Å². The van der Waals surface area contributed by atoms with E-state index in [-0.39, 0.29) is 5.56 Å². The number of pyridine rings is 1. The van der Waals surface area contributed by atoms with Crippen molar-refractivity contribution in [2.45, 2.75) is 0 Å². The van der Waals surface area contributed by atoms with Gasteiger partial charge in [0.25, 0.3) is 5.56 Å². The second-order valence-corrected chi connectivity index (χ2v) is 5.58. The molecule has 0 radical (unpaired) electrons. The molecule has 2 aromatic heterocycles. The highest BCUT2D eigenvalue weighted by Crippen LogP contribution is 2.15. The number of hydrogen-bond acceptors (Lipinski definition) is 3. The highest BCUT2D eigenvalue weighted by atomic mass is 16.1. The van der Waals surface area contributed by atoms with Crippen LogP contribution >= 0.6 is 0 Å². The van der Waals surface area contributed by atoms with Gasteiger partial charge in [0.1, 0.15) is 5.82 Å². The first-order valence-electron chi connectivity index (χ1n) is 7.98. The summed E-state index contributed by atoms with van der Waals surface area (Å²) in [5.41, 5.74) is 2.40. The number of hydrogen-bond donors (Lipinski definition) is 0. The lowest BCUT2D eigenvalue weighted by atomic mass is 10.2. The van der Waals surface area contributed by atoms with Crippen LogP contribution in [0, 0.1) is 0 Å².